The van der Waals surface area contributed by atoms with E-state index in [0.29, 0.717) is 23.3 Å². The molecule has 0 amide bonds. The van der Waals surface area contributed by atoms with Crippen LogP contribution in [-0.2, 0) is 4.57 Å². The summed E-state index contributed by atoms with van der Waals surface area (Å²) in [6.45, 7) is 3.82. The molecule has 0 saturated heterocycles. The van der Waals surface area contributed by atoms with Crippen molar-refractivity contribution >= 4 is 7.60 Å². The van der Waals surface area contributed by atoms with Crippen molar-refractivity contribution in [2.75, 3.05) is 6.16 Å². The molecule has 0 atom stereocenters. The highest BCUT2D eigenvalue weighted by atomic mass is 31.2. The molecule has 166 valence electrons. The van der Waals surface area contributed by atoms with Crippen LogP contribution < -0.4 is 9.05 Å². The second-order valence-electron chi connectivity index (χ2n) is 9.01. The highest BCUT2D eigenvalue weighted by Gasteiger charge is 2.31. The lowest BCUT2D eigenvalue weighted by atomic mass is 9.84. The van der Waals surface area contributed by atoms with Gasteiger partial charge in [-0.25, -0.2) is 4.57 Å². The maximum atomic E-state index is 13.9. The Bertz CT molecular complexity index is 843. The fourth-order valence-electron chi connectivity index (χ4n) is 5.18. The molecule has 0 aromatic heterocycles. The minimum Gasteiger partial charge on any atom is -0.416 e. The zero-order valence-corrected chi connectivity index (χ0v) is 19.4. The molecule has 2 aliphatic rings. The Morgan fingerprint density at radius 1 is 0.742 bits per heavy atom. The van der Waals surface area contributed by atoms with Gasteiger partial charge < -0.3 is 9.05 Å². The van der Waals surface area contributed by atoms with E-state index >= 15 is 0 Å². The van der Waals surface area contributed by atoms with Gasteiger partial charge >= 0.3 is 7.60 Å². The SMILES string of the molecule is C=CCP(=O)(Oc1ccccc1C1CCCCC1)Oc1ccccc1C1CCCCC1. The van der Waals surface area contributed by atoms with Crippen LogP contribution in [0.1, 0.15) is 87.2 Å². The van der Waals surface area contributed by atoms with E-state index in [1.807, 2.05) is 24.3 Å². The summed E-state index contributed by atoms with van der Waals surface area (Å²) in [6, 6.07) is 16.1. The van der Waals surface area contributed by atoms with Crippen LogP contribution in [0.15, 0.2) is 61.2 Å². The molecule has 2 aromatic rings. The Kier molecular flexibility index (Phi) is 7.56. The van der Waals surface area contributed by atoms with E-state index in [-0.39, 0.29) is 6.16 Å². The van der Waals surface area contributed by atoms with Crippen LogP contribution in [0.3, 0.4) is 0 Å². The molecule has 0 aliphatic heterocycles. The van der Waals surface area contributed by atoms with E-state index < -0.39 is 7.60 Å². The lowest BCUT2D eigenvalue weighted by Gasteiger charge is -2.28. The van der Waals surface area contributed by atoms with Gasteiger partial charge in [-0.05, 0) is 60.8 Å². The molecule has 0 unspecified atom stereocenters. The van der Waals surface area contributed by atoms with Gasteiger partial charge in [0.05, 0.1) is 6.16 Å². The van der Waals surface area contributed by atoms with E-state index in [9.17, 15) is 4.57 Å². The van der Waals surface area contributed by atoms with Crippen molar-refractivity contribution in [2.45, 2.75) is 76.0 Å². The minimum absolute atomic E-state index is 0.186. The molecular formula is C27H35O3P. The smallest absolute Gasteiger partial charge is 0.416 e. The molecule has 4 heteroatoms. The molecular weight excluding hydrogens is 403 g/mol. The van der Waals surface area contributed by atoms with Crippen LogP contribution in [0.2, 0.25) is 0 Å². The summed E-state index contributed by atoms with van der Waals surface area (Å²) in [6.07, 6.45) is 14.1. The quantitative estimate of drug-likeness (QED) is 0.306. The Balaban J connectivity index is 1.60. The lowest BCUT2D eigenvalue weighted by Crippen LogP contribution is -2.11. The van der Waals surface area contributed by atoms with E-state index in [4.69, 9.17) is 9.05 Å². The normalized spacial score (nSPS) is 18.5. The summed E-state index contributed by atoms with van der Waals surface area (Å²) in [5, 5.41) is 0. The van der Waals surface area contributed by atoms with E-state index in [0.717, 1.165) is 36.8 Å². The maximum absolute atomic E-state index is 13.9. The standard InChI is InChI=1S/C27H35O3P/c1-2-21-31(28,29-26-19-11-9-17-24(26)22-13-5-3-6-14-22)30-27-20-12-10-18-25(27)23-15-7-4-8-16-23/h2,9-12,17-20,22-23H,1,3-8,13-16,21H2. The number of hydrogen-bond acceptors (Lipinski definition) is 3. The monoisotopic (exact) mass is 438 g/mol. The van der Waals surface area contributed by atoms with Crippen LogP contribution in [0.4, 0.5) is 0 Å². The topological polar surface area (TPSA) is 35.5 Å². The molecule has 0 N–H and O–H groups in total. The third-order valence-electron chi connectivity index (χ3n) is 6.76. The van der Waals surface area contributed by atoms with Gasteiger partial charge in [0.15, 0.2) is 0 Å². The predicted molar refractivity (Wildman–Crippen MR) is 128 cm³/mol. The van der Waals surface area contributed by atoms with Gasteiger partial charge in [0, 0.05) is 0 Å². The molecule has 2 fully saturated rings. The zero-order valence-electron chi connectivity index (χ0n) is 18.5. The predicted octanol–water partition coefficient (Wildman–Crippen LogP) is 8.62. The van der Waals surface area contributed by atoms with Crippen LogP contribution in [0.25, 0.3) is 0 Å². The van der Waals surface area contributed by atoms with E-state index in [2.05, 4.69) is 30.8 Å². The van der Waals surface area contributed by atoms with Crippen LogP contribution >= 0.6 is 7.60 Å². The average Bonchev–Trinajstić information content (AvgIpc) is 2.81. The van der Waals surface area contributed by atoms with Gasteiger partial charge in [-0.3, -0.25) is 0 Å². The fourth-order valence-corrected chi connectivity index (χ4v) is 6.61. The first-order valence-electron chi connectivity index (χ1n) is 12.0. The van der Waals surface area contributed by atoms with Gasteiger partial charge in [-0.1, -0.05) is 81.0 Å². The first kappa shape index (κ1) is 22.2. The molecule has 4 rings (SSSR count). The van der Waals surface area contributed by atoms with E-state index in [1.165, 1.54) is 38.5 Å². The Hall–Kier alpha value is -1.99. The molecule has 2 saturated carbocycles. The summed E-state index contributed by atoms with van der Waals surface area (Å²) in [5.41, 5.74) is 2.33. The average molecular weight is 439 g/mol. The van der Waals surface area contributed by atoms with Gasteiger partial charge in [0.1, 0.15) is 11.5 Å². The van der Waals surface area contributed by atoms with Gasteiger partial charge in [-0.15, -0.1) is 6.58 Å². The summed E-state index contributed by atoms with van der Waals surface area (Å²) in [5.74, 6) is 2.35. The highest BCUT2D eigenvalue weighted by Crippen LogP contribution is 2.52. The third kappa shape index (κ3) is 5.63. The van der Waals surface area contributed by atoms with Crippen molar-refractivity contribution in [3.63, 3.8) is 0 Å². The number of allylic oxidation sites excluding steroid dienone is 1. The van der Waals surface area contributed by atoms with Gasteiger partial charge in [0.25, 0.3) is 0 Å². The second-order valence-corrected chi connectivity index (χ2v) is 11.0. The maximum Gasteiger partial charge on any atom is 0.434 e. The van der Waals surface area contributed by atoms with Crippen molar-refractivity contribution in [1.29, 1.82) is 0 Å². The Morgan fingerprint density at radius 2 is 1.16 bits per heavy atom. The number of benzene rings is 2. The molecule has 0 bridgehead atoms. The molecule has 0 heterocycles. The van der Waals surface area contributed by atoms with Gasteiger partial charge in [0.2, 0.25) is 0 Å². The van der Waals surface area contributed by atoms with Crippen molar-refractivity contribution in [3.8, 4) is 11.5 Å². The minimum atomic E-state index is -3.44. The van der Waals surface area contributed by atoms with Crippen molar-refractivity contribution in [2.24, 2.45) is 0 Å². The van der Waals surface area contributed by atoms with E-state index in [1.54, 1.807) is 6.08 Å². The summed E-state index contributed by atoms with van der Waals surface area (Å²) >= 11 is 0. The largest absolute Gasteiger partial charge is 0.434 e. The van der Waals surface area contributed by atoms with Crippen molar-refractivity contribution in [1.82, 2.24) is 0 Å². The fraction of sp³-hybridized carbons (Fsp3) is 0.481. The number of rotatable bonds is 8. The summed E-state index contributed by atoms with van der Waals surface area (Å²) < 4.78 is 26.4. The highest BCUT2D eigenvalue weighted by molar-refractivity contribution is 7.54. The van der Waals surface area contributed by atoms with Crippen LogP contribution in [0, 0.1) is 0 Å². The van der Waals surface area contributed by atoms with Crippen LogP contribution in [-0.4, -0.2) is 6.16 Å². The first-order valence-corrected chi connectivity index (χ1v) is 13.7. The van der Waals surface area contributed by atoms with Crippen molar-refractivity contribution in [3.05, 3.63) is 72.3 Å². The van der Waals surface area contributed by atoms with Crippen molar-refractivity contribution < 1.29 is 13.6 Å². The summed E-state index contributed by atoms with van der Waals surface area (Å²) in [7, 11) is -3.44. The molecule has 2 aromatic carbocycles. The molecule has 31 heavy (non-hydrogen) atoms. The molecule has 0 spiro atoms. The van der Waals surface area contributed by atoms with Gasteiger partial charge in [-0.2, -0.15) is 0 Å². The lowest BCUT2D eigenvalue weighted by molar-refractivity contribution is 0.373. The Labute approximate surface area is 187 Å². The number of hydrogen-bond donors (Lipinski definition) is 0. The third-order valence-corrected chi connectivity index (χ3v) is 8.41. The number of para-hydroxylation sites is 2. The molecule has 2 aliphatic carbocycles. The summed E-state index contributed by atoms with van der Waals surface area (Å²) in [4.78, 5) is 0. The molecule has 3 nitrogen and oxygen atoms in total. The second kappa shape index (κ2) is 10.6. The van der Waals surface area contributed by atoms with Crippen LogP contribution in [0.5, 0.6) is 11.5 Å². The molecule has 0 radical (unpaired) electrons. The Morgan fingerprint density at radius 3 is 1.58 bits per heavy atom. The zero-order chi connectivity index (χ0) is 21.5. The first-order chi connectivity index (χ1) is 15.2.